The van der Waals surface area contributed by atoms with Crippen molar-refractivity contribution in [2.24, 2.45) is 5.92 Å². The highest BCUT2D eigenvalue weighted by molar-refractivity contribution is 5.38. The van der Waals surface area contributed by atoms with Crippen molar-refractivity contribution in [1.82, 2.24) is 4.98 Å². The number of oxazole rings is 1. The fraction of sp³-hybridized carbons (Fsp3) is 0.583. The van der Waals surface area contributed by atoms with Gasteiger partial charge in [-0.05, 0) is 25.3 Å². The van der Waals surface area contributed by atoms with Crippen molar-refractivity contribution in [3.8, 4) is 0 Å². The molecule has 0 aliphatic rings. The van der Waals surface area contributed by atoms with Gasteiger partial charge in [-0.15, -0.1) is 0 Å². The molecule has 0 aliphatic heterocycles. The molecule has 3 heteroatoms. The molecule has 15 heavy (non-hydrogen) atoms. The van der Waals surface area contributed by atoms with Crippen molar-refractivity contribution >= 4 is 6.08 Å². The highest BCUT2D eigenvalue weighted by Gasteiger charge is 2.06. The lowest BCUT2D eigenvalue weighted by molar-refractivity contribution is 0.297. The molecule has 0 fully saturated rings. The van der Waals surface area contributed by atoms with E-state index >= 15 is 0 Å². The van der Waals surface area contributed by atoms with Crippen molar-refractivity contribution in [2.75, 3.05) is 6.61 Å². The van der Waals surface area contributed by atoms with E-state index in [1.165, 1.54) is 0 Å². The largest absolute Gasteiger partial charge is 0.442 e. The first-order chi connectivity index (χ1) is 7.13. The van der Waals surface area contributed by atoms with Crippen molar-refractivity contribution in [3.63, 3.8) is 0 Å². The number of hydrogen-bond donors (Lipinski definition) is 1. The third-order valence-corrected chi connectivity index (χ3v) is 2.13. The molecule has 0 amide bonds. The molecule has 0 radical (unpaired) electrons. The molecule has 0 atom stereocenters. The van der Waals surface area contributed by atoms with Gasteiger partial charge in [0.05, 0.1) is 5.69 Å². The lowest BCUT2D eigenvalue weighted by Crippen LogP contribution is -1.92. The molecular weight excluding hydrogens is 190 g/mol. The molecule has 1 rings (SSSR count). The van der Waals surface area contributed by atoms with Crippen LogP contribution in [0.15, 0.2) is 10.5 Å². The molecule has 84 valence electrons. The van der Waals surface area contributed by atoms with Crippen LogP contribution in [0.25, 0.3) is 6.08 Å². The molecule has 0 saturated carbocycles. The van der Waals surface area contributed by atoms with Crippen LogP contribution in [-0.2, 0) is 6.42 Å². The summed E-state index contributed by atoms with van der Waals surface area (Å²) in [5, 5.41) is 8.80. The van der Waals surface area contributed by atoms with E-state index in [4.69, 9.17) is 9.52 Å². The molecule has 0 saturated heterocycles. The molecule has 1 N–H and O–H groups in total. The second-order valence-electron chi connectivity index (χ2n) is 4.06. The van der Waals surface area contributed by atoms with E-state index in [0.717, 1.165) is 17.9 Å². The van der Waals surface area contributed by atoms with Crippen LogP contribution in [0.2, 0.25) is 0 Å². The molecule has 1 aromatic heterocycles. The van der Waals surface area contributed by atoms with Crippen LogP contribution < -0.4 is 0 Å². The van der Waals surface area contributed by atoms with Gasteiger partial charge in [0.2, 0.25) is 5.89 Å². The average Bonchev–Trinajstić information content (AvgIpc) is 2.47. The van der Waals surface area contributed by atoms with Crippen LogP contribution in [0.1, 0.15) is 37.6 Å². The Bertz CT molecular complexity index is 326. The number of aliphatic hydroxyl groups is 1. The van der Waals surface area contributed by atoms with Gasteiger partial charge in [-0.1, -0.05) is 19.9 Å². The number of aromatic nitrogens is 1. The van der Waals surface area contributed by atoms with Crippen LogP contribution in [0.5, 0.6) is 0 Å². The van der Waals surface area contributed by atoms with E-state index in [-0.39, 0.29) is 6.61 Å². The van der Waals surface area contributed by atoms with Gasteiger partial charge in [0, 0.05) is 13.0 Å². The van der Waals surface area contributed by atoms with Crippen LogP contribution in [0.3, 0.4) is 0 Å². The van der Waals surface area contributed by atoms with Crippen LogP contribution in [-0.4, -0.2) is 16.7 Å². The van der Waals surface area contributed by atoms with Gasteiger partial charge in [0.25, 0.3) is 0 Å². The Morgan fingerprint density at radius 3 is 2.80 bits per heavy atom. The molecular formula is C12H19NO2. The molecule has 1 heterocycles. The third-order valence-electron chi connectivity index (χ3n) is 2.13. The average molecular weight is 209 g/mol. The van der Waals surface area contributed by atoms with Gasteiger partial charge < -0.3 is 9.52 Å². The topological polar surface area (TPSA) is 46.3 Å². The predicted octanol–water partition coefficient (Wildman–Crippen LogP) is 2.58. The number of rotatable bonds is 5. The predicted molar refractivity (Wildman–Crippen MR) is 60.5 cm³/mol. The molecule has 0 unspecified atom stereocenters. The number of aryl methyl sites for hydroxylation is 1. The molecule has 0 aromatic carbocycles. The van der Waals surface area contributed by atoms with Gasteiger partial charge in [0.1, 0.15) is 5.76 Å². The SMILES string of the molecule is Cc1oc(C=CCC(C)C)nc1CCO. The Labute approximate surface area is 90.8 Å². The Morgan fingerprint density at radius 1 is 1.47 bits per heavy atom. The zero-order valence-corrected chi connectivity index (χ0v) is 9.66. The maximum atomic E-state index is 8.80. The van der Waals surface area contributed by atoms with Gasteiger partial charge >= 0.3 is 0 Å². The van der Waals surface area contributed by atoms with E-state index in [0.29, 0.717) is 18.2 Å². The number of allylic oxidation sites excluding steroid dienone is 1. The lowest BCUT2D eigenvalue weighted by Gasteiger charge is -1.94. The quantitative estimate of drug-likeness (QED) is 0.810. The summed E-state index contributed by atoms with van der Waals surface area (Å²) in [6.45, 7) is 6.32. The zero-order chi connectivity index (χ0) is 11.3. The zero-order valence-electron chi connectivity index (χ0n) is 9.66. The van der Waals surface area contributed by atoms with Crippen LogP contribution in [0.4, 0.5) is 0 Å². The first-order valence-electron chi connectivity index (χ1n) is 5.37. The highest BCUT2D eigenvalue weighted by atomic mass is 16.4. The Hall–Kier alpha value is -1.09. The smallest absolute Gasteiger partial charge is 0.218 e. The minimum atomic E-state index is 0.114. The number of aliphatic hydroxyl groups excluding tert-OH is 1. The van der Waals surface area contributed by atoms with Gasteiger partial charge in [-0.3, -0.25) is 0 Å². The third kappa shape index (κ3) is 3.88. The van der Waals surface area contributed by atoms with Gasteiger partial charge in [-0.2, -0.15) is 0 Å². The highest BCUT2D eigenvalue weighted by Crippen LogP contribution is 2.12. The molecule has 1 aromatic rings. The van der Waals surface area contributed by atoms with E-state index in [2.05, 4.69) is 24.9 Å². The first kappa shape index (κ1) is 12.0. The van der Waals surface area contributed by atoms with Crippen molar-refractivity contribution < 1.29 is 9.52 Å². The molecule has 0 bridgehead atoms. The van der Waals surface area contributed by atoms with E-state index in [1.54, 1.807) is 0 Å². The second kappa shape index (κ2) is 5.71. The van der Waals surface area contributed by atoms with E-state index in [1.807, 2.05) is 13.0 Å². The lowest BCUT2D eigenvalue weighted by atomic mass is 10.1. The minimum Gasteiger partial charge on any atom is -0.442 e. The first-order valence-corrected chi connectivity index (χ1v) is 5.37. The fourth-order valence-corrected chi connectivity index (χ4v) is 1.30. The number of nitrogens with zero attached hydrogens (tertiary/aromatic N) is 1. The van der Waals surface area contributed by atoms with Gasteiger partial charge in [-0.25, -0.2) is 4.98 Å². The van der Waals surface area contributed by atoms with Crippen LogP contribution >= 0.6 is 0 Å². The Kier molecular flexibility index (Phi) is 4.56. The summed E-state index contributed by atoms with van der Waals surface area (Å²) in [5.74, 6) is 2.08. The van der Waals surface area contributed by atoms with E-state index in [9.17, 15) is 0 Å². The number of hydrogen-bond acceptors (Lipinski definition) is 3. The summed E-state index contributed by atoms with van der Waals surface area (Å²) < 4.78 is 5.44. The summed E-state index contributed by atoms with van der Waals surface area (Å²) >= 11 is 0. The summed E-state index contributed by atoms with van der Waals surface area (Å²) in [6, 6.07) is 0. The minimum absolute atomic E-state index is 0.114. The van der Waals surface area contributed by atoms with Crippen molar-refractivity contribution in [2.45, 2.75) is 33.6 Å². The normalized spacial score (nSPS) is 11.8. The van der Waals surface area contributed by atoms with Crippen molar-refractivity contribution in [3.05, 3.63) is 23.4 Å². The maximum absolute atomic E-state index is 8.80. The second-order valence-corrected chi connectivity index (χ2v) is 4.06. The summed E-state index contributed by atoms with van der Waals surface area (Å²) in [6.07, 6.45) is 5.55. The monoisotopic (exact) mass is 209 g/mol. The van der Waals surface area contributed by atoms with Crippen molar-refractivity contribution in [1.29, 1.82) is 0 Å². The van der Waals surface area contributed by atoms with Gasteiger partial charge in [0.15, 0.2) is 0 Å². The summed E-state index contributed by atoms with van der Waals surface area (Å²) in [4.78, 5) is 4.28. The molecule has 0 aliphatic carbocycles. The fourth-order valence-electron chi connectivity index (χ4n) is 1.30. The Morgan fingerprint density at radius 2 is 2.20 bits per heavy atom. The summed E-state index contributed by atoms with van der Waals surface area (Å²) in [7, 11) is 0. The molecule has 0 spiro atoms. The Balaban J connectivity index is 2.62. The summed E-state index contributed by atoms with van der Waals surface area (Å²) in [5.41, 5.74) is 0.849. The standard InChI is InChI=1S/C12H19NO2/c1-9(2)5-4-6-12-13-11(7-8-14)10(3)15-12/h4,6,9,14H,5,7-8H2,1-3H3. The maximum Gasteiger partial charge on any atom is 0.218 e. The molecule has 3 nitrogen and oxygen atoms in total. The van der Waals surface area contributed by atoms with E-state index < -0.39 is 0 Å². The van der Waals surface area contributed by atoms with Crippen LogP contribution in [0, 0.1) is 12.8 Å².